The summed E-state index contributed by atoms with van der Waals surface area (Å²) in [6.07, 6.45) is 4.98. The molecule has 0 unspecified atom stereocenters. The summed E-state index contributed by atoms with van der Waals surface area (Å²) in [5.41, 5.74) is 1.02. The molecule has 0 N–H and O–H groups in total. The second kappa shape index (κ2) is 11.7. The molecule has 6 nitrogen and oxygen atoms in total. The Morgan fingerprint density at radius 2 is 1.45 bits per heavy atom. The second-order valence-electron chi connectivity index (χ2n) is 8.67. The lowest BCUT2D eigenvalue weighted by Gasteiger charge is -2.38. The Labute approximate surface area is 196 Å². The third kappa shape index (κ3) is 6.68. The lowest BCUT2D eigenvalue weighted by molar-refractivity contribution is -0.140. The van der Waals surface area contributed by atoms with Gasteiger partial charge in [0, 0.05) is 57.8 Å². The van der Waals surface area contributed by atoms with Crippen LogP contribution in [-0.2, 0) is 9.59 Å². The highest BCUT2D eigenvalue weighted by Gasteiger charge is 2.31. The molecule has 0 bridgehead atoms. The van der Waals surface area contributed by atoms with E-state index in [2.05, 4.69) is 4.90 Å². The number of nitrogens with zero attached hydrogens (tertiary/aromatic N) is 3. The van der Waals surface area contributed by atoms with Crippen LogP contribution < -0.4 is 4.74 Å². The summed E-state index contributed by atoms with van der Waals surface area (Å²) in [4.78, 5) is 31.7. The Bertz CT molecular complexity index is 916. The Kier molecular flexibility index (Phi) is 8.14. The van der Waals surface area contributed by atoms with Crippen molar-refractivity contribution in [3.8, 4) is 5.75 Å². The van der Waals surface area contributed by atoms with Gasteiger partial charge in [0.25, 0.3) is 0 Å². The van der Waals surface area contributed by atoms with Crippen molar-refractivity contribution in [3.63, 3.8) is 0 Å². The predicted octanol–water partition coefficient (Wildman–Crippen LogP) is 3.16. The molecular weight excluding hydrogens is 414 g/mol. The van der Waals surface area contributed by atoms with Gasteiger partial charge in [-0.25, -0.2) is 0 Å². The number of amides is 2. The molecule has 0 aromatic heterocycles. The Morgan fingerprint density at radius 3 is 2.12 bits per heavy atom. The maximum absolute atomic E-state index is 13.0. The highest BCUT2D eigenvalue weighted by Crippen LogP contribution is 2.21. The zero-order valence-corrected chi connectivity index (χ0v) is 19.1. The summed E-state index contributed by atoms with van der Waals surface area (Å²) in [6.45, 7) is 6.11. The largest absolute Gasteiger partial charge is 0.492 e. The number of hydrogen-bond donors (Lipinski definition) is 0. The number of carbonyl (C=O) groups is 2. The maximum atomic E-state index is 13.0. The summed E-state index contributed by atoms with van der Waals surface area (Å²) in [6, 6.07) is 19.7. The monoisotopic (exact) mass is 447 g/mol. The molecule has 2 amide bonds. The molecule has 0 aliphatic carbocycles. The molecule has 2 saturated heterocycles. The van der Waals surface area contributed by atoms with Gasteiger partial charge in [-0.05, 0) is 36.6 Å². The van der Waals surface area contributed by atoms with Crippen LogP contribution in [-0.4, -0.2) is 78.9 Å². The molecule has 2 aromatic carbocycles. The first-order valence-electron chi connectivity index (χ1n) is 11.9. The molecule has 2 fully saturated rings. The zero-order chi connectivity index (χ0) is 22.9. The summed E-state index contributed by atoms with van der Waals surface area (Å²) >= 11 is 0. The fraction of sp³-hybridized carbons (Fsp3) is 0.407. The fourth-order valence-corrected chi connectivity index (χ4v) is 4.44. The first-order chi connectivity index (χ1) is 16.2. The van der Waals surface area contributed by atoms with Crippen LogP contribution in [0.4, 0.5) is 0 Å². The topological polar surface area (TPSA) is 53.1 Å². The van der Waals surface area contributed by atoms with Gasteiger partial charge in [-0.1, -0.05) is 48.5 Å². The molecule has 4 rings (SSSR count). The quantitative estimate of drug-likeness (QED) is 0.612. The van der Waals surface area contributed by atoms with Crippen molar-refractivity contribution >= 4 is 17.9 Å². The summed E-state index contributed by atoms with van der Waals surface area (Å²) in [5.74, 6) is 1.20. The first-order valence-corrected chi connectivity index (χ1v) is 11.9. The third-order valence-electron chi connectivity index (χ3n) is 6.48. The first kappa shape index (κ1) is 23.1. The fourth-order valence-electron chi connectivity index (χ4n) is 4.44. The van der Waals surface area contributed by atoms with Gasteiger partial charge >= 0.3 is 0 Å². The summed E-state index contributed by atoms with van der Waals surface area (Å²) in [7, 11) is 0. The standard InChI is InChI=1S/C27H33N3O3/c31-26(12-11-23-7-3-1-4-8-23)29-15-13-24(14-16-29)27(32)30-19-17-28(18-20-30)21-22-33-25-9-5-2-6-10-25/h1-12,24H,13-22H2/b12-11+. The smallest absolute Gasteiger partial charge is 0.246 e. The zero-order valence-electron chi connectivity index (χ0n) is 19.1. The van der Waals surface area contributed by atoms with Crippen molar-refractivity contribution in [2.45, 2.75) is 12.8 Å². The van der Waals surface area contributed by atoms with Crippen molar-refractivity contribution in [2.75, 3.05) is 52.4 Å². The minimum atomic E-state index is 0.0242. The van der Waals surface area contributed by atoms with E-state index in [0.717, 1.165) is 56.9 Å². The number of ether oxygens (including phenoxy) is 1. The highest BCUT2D eigenvalue weighted by atomic mass is 16.5. The van der Waals surface area contributed by atoms with Crippen molar-refractivity contribution in [2.24, 2.45) is 5.92 Å². The number of rotatable bonds is 7. The van der Waals surface area contributed by atoms with E-state index in [-0.39, 0.29) is 17.7 Å². The number of hydrogen-bond acceptors (Lipinski definition) is 4. The van der Waals surface area contributed by atoms with E-state index in [1.54, 1.807) is 6.08 Å². The van der Waals surface area contributed by atoms with Gasteiger partial charge in [-0.3, -0.25) is 14.5 Å². The molecule has 0 saturated carbocycles. The number of benzene rings is 2. The van der Waals surface area contributed by atoms with Crippen molar-refractivity contribution < 1.29 is 14.3 Å². The molecule has 0 atom stereocenters. The van der Waals surface area contributed by atoms with Crippen LogP contribution in [0, 0.1) is 5.92 Å². The molecule has 2 aliphatic rings. The van der Waals surface area contributed by atoms with E-state index in [1.807, 2.05) is 76.5 Å². The van der Waals surface area contributed by atoms with Crippen molar-refractivity contribution in [1.82, 2.24) is 14.7 Å². The van der Waals surface area contributed by atoms with Gasteiger partial charge in [0.1, 0.15) is 12.4 Å². The second-order valence-corrected chi connectivity index (χ2v) is 8.67. The lowest BCUT2D eigenvalue weighted by Crippen LogP contribution is -2.52. The van der Waals surface area contributed by atoms with Gasteiger partial charge in [0.15, 0.2) is 0 Å². The van der Waals surface area contributed by atoms with Gasteiger partial charge in [0.2, 0.25) is 11.8 Å². The van der Waals surface area contributed by atoms with Crippen LogP contribution in [0.1, 0.15) is 18.4 Å². The van der Waals surface area contributed by atoms with Crippen LogP contribution in [0.3, 0.4) is 0 Å². The highest BCUT2D eigenvalue weighted by molar-refractivity contribution is 5.92. The molecule has 6 heteroatoms. The molecule has 174 valence electrons. The summed E-state index contributed by atoms with van der Waals surface area (Å²) < 4.78 is 5.79. The van der Waals surface area contributed by atoms with E-state index >= 15 is 0 Å². The van der Waals surface area contributed by atoms with Gasteiger partial charge < -0.3 is 14.5 Å². The number of piperazine rings is 1. The van der Waals surface area contributed by atoms with Gasteiger partial charge in [0.05, 0.1) is 0 Å². The Hall–Kier alpha value is -3.12. The lowest BCUT2D eigenvalue weighted by atomic mass is 9.95. The van der Waals surface area contributed by atoms with Crippen LogP contribution >= 0.6 is 0 Å². The molecule has 2 heterocycles. The molecular formula is C27H33N3O3. The molecule has 2 aromatic rings. The van der Waals surface area contributed by atoms with Crippen LogP contribution in [0.15, 0.2) is 66.7 Å². The van der Waals surface area contributed by atoms with E-state index in [4.69, 9.17) is 4.74 Å². The van der Waals surface area contributed by atoms with E-state index < -0.39 is 0 Å². The number of carbonyl (C=O) groups excluding carboxylic acids is 2. The molecule has 2 aliphatic heterocycles. The van der Waals surface area contributed by atoms with Crippen molar-refractivity contribution in [3.05, 3.63) is 72.3 Å². The van der Waals surface area contributed by atoms with E-state index in [9.17, 15) is 9.59 Å². The molecule has 0 spiro atoms. The average molecular weight is 448 g/mol. The van der Waals surface area contributed by atoms with Crippen LogP contribution in [0.2, 0.25) is 0 Å². The van der Waals surface area contributed by atoms with Crippen LogP contribution in [0.5, 0.6) is 5.75 Å². The number of likely N-dealkylation sites (tertiary alicyclic amines) is 1. The predicted molar refractivity (Wildman–Crippen MR) is 130 cm³/mol. The minimum Gasteiger partial charge on any atom is -0.492 e. The number of piperidine rings is 1. The summed E-state index contributed by atoms with van der Waals surface area (Å²) in [5, 5.41) is 0. The third-order valence-corrected chi connectivity index (χ3v) is 6.48. The Morgan fingerprint density at radius 1 is 0.818 bits per heavy atom. The van der Waals surface area contributed by atoms with Gasteiger partial charge in [-0.15, -0.1) is 0 Å². The van der Waals surface area contributed by atoms with Crippen molar-refractivity contribution in [1.29, 1.82) is 0 Å². The average Bonchev–Trinajstić information content (AvgIpc) is 2.88. The van der Waals surface area contributed by atoms with Crippen LogP contribution in [0.25, 0.3) is 6.08 Å². The maximum Gasteiger partial charge on any atom is 0.246 e. The Balaban J connectivity index is 1.15. The van der Waals surface area contributed by atoms with E-state index in [0.29, 0.717) is 19.7 Å². The SMILES string of the molecule is O=C(/C=C/c1ccccc1)N1CCC(C(=O)N2CCN(CCOc3ccccc3)CC2)CC1. The molecule has 0 radical (unpaired) electrons. The normalized spacial score (nSPS) is 17.9. The number of para-hydroxylation sites is 1. The minimum absolute atomic E-state index is 0.0242. The molecule has 33 heavy (non-hydrogen) atoms. The van der Waals surface area contributed by atoms with E-state index in [1.165, 1.54) is 0 Å². The van der Waals surface area contributed by atoms with Gasteiger partial charge in [-0.2, -0.15) is 0 Å².